The molecule has 0 spiro atoms. The minimum absolute atomic E-state index is 0.133. The second-order valence-corrected chi connectivity index (χ2v) is 9.06. The summed E-state index contributed by atoms with van der Waals surface area (Å²) in [6.07, 6.45) is 0. The van der Waals surface area contributed by atoms with Gasteiger partial charge in [0.25, 0.3) is 0 Å². The maximum atomic E-state index is 12.7. The Morgan fingerprint density at radius 1 is 1.12 bits per heavy atom. The second kappa shape index (κ2) is 9.38. The molecule has 2 rings (SSSR count). The highest BCUT2D eigenvalue weighted by molar-refractivity contribution is 8.03. The van der Waals surface area contributed by atoms with Crippen LogP contribution < -0.4 is 0 Å². The molecule has 2 aromatic heterocycles. The second-order valence-electron chi connectivity index (χ2n) is 5.64. The van der Waals surface area contributed by atoms with Crippen molar-refractivity contribution in [3.63, 3.8) is 0 Å². The molecular formula is C17H21N3O3S3. The fourth-order valence-corrected chi connectivity index (χ4v) is 5.02. The van der Waals surface area contributed by atoms with Gasteiger partial charge < -0.3 is 9.72 Å². The van der Waals surface area contributed by atoms with E-state index in [1.165, 1.54) is 23.1 Å². The third-order valence-corrected chi connectivity index (χ3v) is 6.71. The Kier molecular flexibility index (Phi) is 7.48. The molecule has 0 aliphatic rings. The molecule has 0 aliphatic heterocycles. The van der Waals surface area contributed by atoms with Gasteiger partial charge in [-0.25, -0.2) is 4.79 Å². The van der Waals surface area contributed by atoms with E-state index in [2.05, 4.69) is 21.8 Å². The number of H-pyrrole nitrogens is 1. The normalized spacial score (nSPS) is 10.8. The Balaban J connectivity index is 2.07. The van der Waals surface area contributed by atoms with Gasteiger partial charge in [-0.3, -0.25) is 4.79 Å². The van der Waals surface area contributed by atoms with E-state index in [9.17, 15) is 9.59 Å². The molecule has 0 aromatic carbocycles. The summed E-state index contributed by atoms with van der Waals surface area (Å²) >= 11 is 4.35. The molecule has 2 aromatic rings. The van der Waals surface area contributed by atoms with E-state index in [0.29, 0.717) is 22.5 Å². The SMILES string of the molecule is C=C(C)CSc1nnc(SCC(=O)c2c(C)[nH]c(C)c2C(=O)OCC)s1. The van der Waals surface area contributed by atoms with E-state index in [1.54, 1.807) is 32.5 Å². The summed E-state index contributed by atoms with van der Waals surface area (Å²) in [6.45, 7) is 11.4. The Labute approximate surface area is 165 Å². The number of aryl methyl sites for hydroxylation is 2. The van der Waals surface area contributed by atoms with Crippen LogP contribution in [0.1, 0.15) is 46.0 Å². The first-order chi connectivity index (χ1) is 12.3. The highest BCUT2D eigenvalue weighted by Gasteiger charge is 2.25. The molecule has 2 heterocycles. The number of aromatic amines is 1. The monoisotopic (exact) mass is 411 g/mol. The van der Waals surface area contributed by atoms with E-state index in [4.69, 9.17) is 4.74 Å². The van der Waals surface area contributed by atoms with E-state index in [0.717, 1.165) is 20.0 Å². The number of nitrogens with zero attached hydrogens (tertiary/aromatic N) is 2. The first kappa shape index (κ1) is 20.7. The zero-order chi connectivity index (χ0) is 19.3. The lowest BCUT2D eigenvalue weighted by molar-refractivity contribution is 0.0522. The maximum Gasteiger partial charge on any atom is 0.340 e. The average Bonchev–Trinajstić information content (AvgIpc) is 3.14. The number of hydrogen-bond acceptors (Lipinski definition) is 8. The fourth-order valence-electron chi connectivity index (χ4n) is 2.29. The first-order valence-electron chi connectivity index (χ1n) is 7.96. The zero-order valence-corrected chi connectivity index (χ0v) is 17.6. The molecule has 140 valence electrons. The van der Waals surface area contributed by atoms with Gasteiger partial charge in [0.05, 0.1) is 23.5 Å². The van der Waals surface area contributed by atoms with Crippen molar-refractivity contribution in [3.05, 3.63) is 34.7 Å². The Bertz CT molecular complexity index is 827. The molecule has 0 radical (unpaired) electrons. The molecule has 0 bridgehead atoms. The molecule has 0 atom stereocenters. The van der Waals surface area contributed by atoms with Gasteiger partial charge >= 0.3 is 5.97 Å². The lowest BCUT2D eigenvalue weighted by atomic mass is 10.1. The van der Waals surface area contributed by atoms with Crippen LogP contribution >= 0.6 is 34.9 Å². The molecule has 0 amide bonds. The third kappa shape index (κ3) is 5.21. The van der Waals surface area contributed by atoms with Gasteiger partial charge in [-0.15, -0.1) is 10.2 Å². The number of carbonyl (C=O) groups is 2. The van der Waals surface area contributed by atoms with Crippen molar-refractivity contribution >= 4 is 46.6 Å². The predicted molar refractivity (Wildman–Crippen MR) is 107 cm³/mol. The largest absolute Gasteiger partial charge is 0.462 e. The minimum Gasteiger partial charge on any atom is -0.462 e. The van der Waals surface area contributed by atoms with Crippen LogP contribution in [0.25, 0.3) is 0 Å². The number of aromatic nitrogens is 3. The highest BCUT2D eigenvalue weighted by Crippen LogP contribution is 2.30. The average molecular weight is 412 g/mol. The van der Waals surface area contributed by atoms with Crippen molar-refractivity contribution in [2.75, 3.05) is 18.1 Å². The summed E-state index contributed by atoms with van der Waals surface area (Å²) < 4.78 is 6.65. The number of ketones is 1. The molecule has 0 unspecified atom stereocenters. The van der Waals surface area contributed by atoms with Crippen molar-refractivity contribution in [1.29, 1.82) is 0 Å². The molecule has 0 aliphatic carbocycles. The van der Waals surface area contributed by atoms with Gasteiger partial charge in [0.2, 0.25) is 0 Å². The quantitative estimate of drug-likeness (QED) is 0.285. The third-order valence-electron chi connectivity index (χ3n) is 3.29. The molecule has 26 heavy (non-hydrogen) atoms. The number of thioether (sulfide) groups is 2. The van der Waals surface area contributed by atoms with Crippen LogP contribution in [-0.2, 0) is 4.74 Å². The van der Waals surface area contributed by atoms with Gasteiger partial charge in [-0.1, -0.05) is 47.0 Å². The van der Waals surface area contributed by atoms with Crippen LogP contribution in [-0.4, -0.2) is 45.0 Å². The first-order valence-corrected chi connectivity index (χ1v) is 10.7. The number of hydrogen-bond donors (Lipinski definition) is 1. The lowest BCUT2D eigenvalue weighted by Crippen LogP contribution is -2.13. The molecular weight excluding hydrogens is 390 g/mol. The number of Topliss-reactive ketones (excluding diaryl/α,β-unsaturated/α-hetero) is 1. The smallest absolute Gasteiger partial charge is 0.340 e. The summed E-state index contributed by atoms with van der Waals surface area (Å²) in [5, 5.41) is 8.21. The number of carbonyl (C=O) groups excluding carboxylic acids is 2. The van der Waals surface area contributed by atoms with Gasteiger partial charge in [0.1, 0.15) is 0 Å². The Morgan fingerprint density at radius 2 is 1.69 bits per heavy atom. The number of ether oxygens (including phenoxy) is 1. The lowest BCUT2D eigenvalue weighted by Gasteiger charge is -2.05. The van der Waals surface area contributed by atoms with Crippen molar-refractivity contribution in [3.8, 4) is 0 Å². The van der Waals surface area contributed by atoms with Crippen molar-refractivity contribution < 1.29 is 14.3 Å². The summed E-state index contributed by atoms with van der Waals surface area (Å²) in [5.74, 6) is 0.371. The van der Waals surface area contributed by atoms with Crippen LogP contribution in [0.15, 0.2) is 20.8 Å². The van der Waals surface area contributed by atoms with Gasteiger partial charge in [0.15, 0.2) is 14.5 Å². The van der Waals surface area contributed by atoms with E-state index >= 15 is 0 Å². The van der Waals surface area contributed by atoms with Gasteiger partial charge in [0, 0.05) is 17.1 Å². The molecule has 0 saturated carbocycles. The Hall–Kier alpha value is -1.58. The Morgan fingerprint density at radius 3 is 2.27 bits per heavy atom. The number of rotatable bonds is 9. The molecule has 0 saturated heterocycles. The van der Waals surface area contributed by atoms with E-state index in [1.807, 2.05) is 6.92 Å². The van der Waals surface area contributed by atoms with Gasteiger partial charge in [-0.05, 0) is 27.7 Å². The van der Waals surface area contributed by atoms with Gasteiger partial charge in [-0.2, -0.15) is 0 Å². The predicted octanol–water partition coefficient (Wildman–Crippen LogP) is 4.30. The summed E-state index contributed by atoms with van der Waals surface area (Å²) in [4.78, 5) is 27.9. The van der Waals surface area contributed by atoms with Crippen molar-refractivity contribution in [2.24, 2.45) is 0 Å². The topological polar surface area (TPSA) is 84.9 Å². The summed E-state index contributed by atoms with van der Waals surface area (Å²) in [5.41, 5.74) is 3.11. The summed E-state index contributed by atoms with van der Waals surface area (Å²) in [6, 6.07) is 0. The summed E-state index contributed by atoms with van der Waals surface area (Å²) in [7, 11) is 0. The number of esters is 1. The van der Waals surface area contributed by atoms with Crippen LogP contribution in [0.2, 0.25) is 0 Å². The molecule has 0 fully saturated rings. The molecule has 6 nitrogen and oxygen atoms in total. The fraction of sp³-hybridized carbons (Fsp3) is 0.412. The van der Waals surface area contributed by atoms with Crippen LogP contribution in [0.5, 0.6) is 0 Å². The molecule has 9 heteroatoms. The van der Waals surface area contributed by atoms with Crippen LogP contribution in [0, 0.1) is 13.8 Å². The standard InChI is InChI=1S/C17H21N3O3S3/c1-6-23-15(22)14-11(5)18-10(4)13(14)12(21)8-25-17-20-19-16(26-17)24-7-9(2)3/h18H,2,6-8H2,1,3-5H3. The van der Waals surface area contributed by atoms with E-state index < -0.39 is 5.97 Å². The highest BCUT2D eigenvalue weighted by atomic mass is 32.2. The zero-order valence-electron chi connectivity index (χ0n) is 15.2. The minimum atomic E-state index is -0.475. The van der Waals surface area contributed by atoms with Crippen molar-refractivity contribution in [2.45, 2.75) is 36.4 Å². The maximum absolute atomic E-state index is 12.7. The van der Waals surface area contributed by atoms with Crippen LogP contribution in [0.4, 0.5) is 0 Å². The molecule has 1 N–H and O–H groups in total. The van der Waals surface area contributed by atoms with E-state index in [-0.39, 0.29) is 18.1 Å². The number of nitrogens with one attached hydrogen (secondary N) is 1. The van der Waals surface area contributed by atoms with Crippen molar-refractivity contribution in [1.82, 2.24) is 15.2 Å². The van der Waals surface area contributed by atoms with Crippen LogP contribution in [0.3, 0.4) is 0 Å².